The Kier molecular flexibility index (Phi) is 6.08. The molecule has 0 saturated carbocycles. The predicted octanol–water partition coefficient (Wildman–Crippen LogP) is 2.46. The Morgan fingerprint density at radius 1 is 1.03 bits per heavy atom. The third-order valence-electron chi connectivity index (χ3n) is 7.14. The number of hydrogen-bond donors (Lipinski definition) is 0. The molecule has 8 heteroatoms. The summed E-state index contributed by atoms with van der Waals surface area (Å²) in [4.78, 5) is 2.52. The highest BCUT2D eigenvalue weighted by Crippen LogP contribution is 2.39. The van der Waals surface area contributed by atoms with Crippen molar-refractivity contribution in [1.82, 2.24) is 19.0 Å². The molecular formula is C21H36N4O3S. The van der Waals surface area contributed by atoms with Crippen LogP contribution in [0.1, 0.15) is 62.4 Å². The summed E-state index contributed by atoms with van der Waals surface area (Å²) >= 11 is 0. The topological polar surface area (TPSA) is 67.7 Å². The molecule has 3 saturated heterocycles. The van der Waals surface area contributed by atoms with Gasteiger partial charge in [-0.15, -0.1) is 0 Å². The number of hydrogen-bond acceptors (Lipinski definition) is 5. The summed E-state index contributed by atoms with van der Waals surface area (Å²) in [5.74, 6) is 0. The molecular weight excluding hydrogens is 388 g/mol. The van der Waals surface area contributed by atoms with Gasteiger partial charge in [0.15, 0.2) is 0 Å². The van der Waals surface area contributed by atoms with Crippen LogP contribution in [0.15, 0.2) is 0 Å². The number of likely N-dealkylation sites (tertiary alicyclic amines) is 1. The fourth-order valence-corrected chi connectivity index (χ4v) is 7.17. The maximum atomic E-state index is 12.1. The molecule has 4 rings (SSSR count). The largest absolute Gasteiger partial charge is 0.375 e. The summed E-state index contributed by atoms with van der Waals surface area (Å²) in [6.07, 6.45) is 7.68. The normalized spacial score (nSPS) is 29.6. The van der Waals surface area contributed by atoms with Crippen molar-refractivity contribution in [1.29, 1.82) is 0 Å². The lowest BCUT2D eigenvalue weighted by Gasteiger charge is -2.40. The van der Waals surface area contributed by atoms with Crippen LogP contribution in [0.25, 0.3) is 0 Å². The summed E-state index contributed by atoms with van der Waals surface area (Å²) in [7, 11) is -3.10. The van der Waals surface area contributed by atoms with E-state index in [1.165, 1.54) is 17.5 Å². The van der Waals surface area contributed by atoms with E-state index in [-0.39, 0.29) is 18.2 Å². The van der Waals surface area contributed by atoms with Crippen molar-refractivity contribution in [3.63, 3.8) is 0 Å². The number of fused-ring (bicyclic) bond motifs is 2. The van der Waals surface area contributed by atoms with Crippen molar-refractivity contribution >= 4 is 10.0 Å². The van der Waals surface area contributed by atoms with Crippen molar-refractivity contribution in [2.24, 2.45) is 0 Å². The summed E-state index contributed by atoms with van der Waals surface area (Å²) in [6.45, 7) is 10.4. The van der Waals surface area contributed by atoms with Gasteiger partial charge in [0, 0.05) is 49.5 Å². The maximum absolute atomic E-state index is 12.1. The average molecular weight is 425 g/mol. The van der Waals surface area contributed by atoms with Gasteiger partial charge >= 0.3 is 0 Å². The minimum absolute atomic E-state index is 0.148. The molecule has 4 heterocycles. The molecule has 3 aliphatic heterocycles. The second-order valence-electron chi connectivity index (χ2n) is 9.15. The van der Waals surface area contributed by atoms with Crippen LogP contribution < -0.4 is 0 Å². The van der Waals surface area contributed by atoms with Gasteiger partial charge in [0.05, 0.1) is 24.2 Å². The second-order valence-corrected chi connectivity index (χ2v) is 11.0. The fourth-order valence-electron chi connectivity index (χ4n) is 5.71. The molecule has 164 valence electrons. The molecule has 3 aliphatic rings. The monoisotopic (exact) mass is 424 g/mol. The molecule has 1 unspecified atom stereocenters. The first-order valence-electron chi connectivity index (χ1n) is 11.2. The van der Waals surface area contributed by atoms with Crippen LogP contribution in [0.5, 0.6) is 0 Å². The maximum Gasteiger partial charge on any atom is 0.211 e. The highest BCUT2D eigenvalue weighted by atomic mass is 32.2. The Hall–Kier alpha value is -0.960. The lowest BCUT2D eigenvalue weighted by atomic mass is 10.0. The first-order valence-corrected chi connectivity index (χ1v) is 13.0. The van der Waals surface area contributed by atoms with Gasteiger partial charge < -0.3 is 4.74 Å². The van der Waals surface area contributed by atoms with E-state index in [2.05, 4.69) is 35.5 Å². The van der Waals surface area contributed by atoms with E-state index in [4.69, 9.17) is 4.74 Å². The molecule has 0 aromatic carbocycles. The molecule has 3 fully saturated rings. The third kappa shape index (κ3) is 4.40. The van der Waals surface area contributed by atoms with Crippen LogP contribution in [-0.4, -0.2) is 71.0 Å². The summed E-state index contributed by atoms with van der Waals surface area (Å²) < 4.78 is 34.5. The molecule has 0 spiro atoms. The summed E-state index contributed by atoms with van der Waals surface area (Å²) in [6, 6.07) is 0.296. The van der Waals surface area contributed by atoms with E-state index in [1.54, 1.807) is 4.31 Å². The minimum Gasteiger partial charge on any atom is -0.375 e. The van der Waals surface area contributed by atoms with E-state index < -0.39 is 10.0 Å². The second kappa shape index (κ2) is 8.29. The summed E-state index contributed by atoms with van der Waals surface area (Å²) in [5, 5.41) is 4.65. The predicted molar refractivity (Wildman–Crippen MR) is 113 cm³/mol. The van der Waals surface area contributed by atoms with Crippen molar-refractivity contribution in [3.8, 4) is 0 Å². The Morgan fingerprint density at radius 2 is 1.66 bits per heavy atom. The summed E-state index contributed by atoms with van der Waals surface area (Å²) in [5.41, 5.74) is 3.81. The van der Waals surface area contributed by atoms with Gasteiger partial charge in [-0.3, -0.25) is 9.58 Å². The highest BCUT2D eigenvalue weighted by Gasteiger charge is 2.46. The smallest absolute Gasteiger partial charge is 0.211 e. The number of aromatic nitrogens is 2. The third-order valence-corrected chi connectivity index (χ3v) is 8.50. The molecule has 2 bridgehead atoms. The van der Waals surface area contributed by atoms with Gasteiger partial charge in [0.1, 0.15) is 0 Å². The van der Waals surface area contributed by atoms with E-state index in [0.717, 1.165) is 70.4 Å². The quantitative estimate of drug-likeness (QED) is 0.702. The first kappa shape index (κ1) is 21.3. The number of aryl methyl sites for hydroxylation is 2. The van der Waals surface area contributed by atoms with E-state index in [9.17, 15) is 8.42 Å². The lowest BCUT2D eigenvalue weighted by molar-refractivity contribution is -0.0696. The Morgan fingerprint density at radius 3 is 2.17 bits per heavy atom. The van der Waals surface area contributed by atoms with Crippen LogP contribution in [0, 0.1) is 13.8 Å². The van der Waals surface area contributed by atoms with E-state index in [1.807, 2.05) is 0 Å². The molecule has 0 N–H and O–H groups in total. The van der Waals surface area contributed by atoms with Crippen molar-refractivity contribution < 1.29 is 13.2 Å². The zero-order valence-electron chi connectivity index (χ0n) is 18.3. The molecule has 1 aromatic heterocycles. The van der Waals surface area contributed by atoms with Crippen LogP contribution in [0.3, 0.4) is 0 Å². The Labute approximate surface area is 175 Å². The van der Waals surface area contributed by atoms with Crippen molar-refractivity contribution in [2.75, 3.05) is 19.3 Å². The fraction of sp³-hybridized carbons (Fsp3) is 0.857. The van der Waals surface area contributed by atoms with Crippen LogP contribution in [0.4, 0.5) is 0 Å². The molecule has 29 heavy (non-hydrogen) atoms. The highest BCUT2D eigenvalue weighted by molar-refractivity contribution is 7.88. The number of sulfonamides is 1. The number of nitrogens with zero attached hydrogens (tertiary/aromatic N) is 4. The molecule has 1 aromatic rings. The standard InChI is InChI=1S/C21H36N4O3S/c1-5-24-16(3)21(15(2)22-24)14-23-10-8-19(9-11-23)28-20-12-17-6-7-18(13-20)25(17)29(4,26)27/h17-20H,5-14H2,1-4H3/t17-,18+,20?. The molecule has 3 atom stereocenters. The van der Waals surface area contributed by atoms with Gasteiger partial charge in [0.25, 0.3) is 0 Å². The van der Waals surface area contributed by atoms with Crippen LogP contribution in [0.2, 0.25) is 0 Å². The van der Waals surface area contributed by atoms with E-state index in [0.29, 0.717) is 6.10 Å². The molecule has 0 radical (unpaired) electrons. The van der Waals surface area contributed by atoms with Gasteiger partial charge in [-0.2, -0.15) is 9.40 Å². The van der Waals surface area contributed by atoms with Gasteiger partial charge in [-0.1, -0.05) is 0 Å². The lowest BCUT2D eigenvalue weighted by Crippen LogP contribution is -2.49. The zero-order chi connectivity index (χ0) is 20.8. The van der Waals surface area contributed by atoms with Crippen molar-refractivity contribution in [2.45, 2.75) is 96.7 Å². The first-order chi connectivity index (χ1) is 13.8. The Balaban J connectivity index is 1.28. The van der Waals surface area contributed by atoms with Crippen LogP contribution >= 0.6 is 0 Å². The number of rotatable bonds is 6. The number of piperidine rings is 2. The van der Waals surface area contributed by atoms with Crippen LogP contribution in [-0.2, 0) is 27.8 Å². The van der Waals surface area contributed by atoms with Gasteiger partial charge in [0.2, 0.25) is 10.0 Å². The minimum atomic E-state index is -3.10. The van der Waals surface area contributed by atoms with Crippen molar-refractivity contribution in [3.05, 3.63) is 17.0 Å². The number of ether oxygens (including phenoxy) is 1. The zero-order valence-corrected chi connectivity index (χ0v) is 19.1. The van der Waals surface area contributed by atoms with E-state index >= 15 is 0 Å². The molecule has 7 nitrogen and oxygen atoms in total. The average Bonchev–Trinajstić information content (AvgIpc) is 3.11. The molecule has 0 aliphatic carbocycles. The SMILES string of the molecule is CCn1nc(C)c(CN2CCC(OC3C[C@H]4CC[C@@H](C3)N4S(C)(=O)=O)CC2)c1C. The van der Waals surface area contributed by atoms with Gasteiger partial charge in [-0.25, -0.2) is 8.42 Å². The molecule has 0 amide bonds. The van der Waals surface area contributed by atoms with Gasteiger partial charge in [-0.05, 0) is 59.3 Å². The Bertz CT molecular complexity index is 815.